The number of hydrogen-bond acceptors (Lipinski definition) is 5. The van der Waals surface area contributed by atoms with Crippen LogP contribution in [0.5, 0.6) is 11.5 Å². The van der Waals surface area contributed by atoms with Crippen molar-refractivity contribution in [1.29, 1.82) is 0 Å². The van der Waals surface area contributed by atoms with E-state index in [-0.39, 0.29) is 5.91 Å². The lowest BCUT2D eigenvalue weighted by Gasteiger charge is -2.08. The number of carbonyl (C=O) groups excluding carboxylic acids is 1. The van der Waals surface area contributed by atoms with Crippen LogP contribution in [0.25, 0.3) is 33.3 Å². The molecule has 0 aliphatic carbocycles. The maximum atomic E-state index is 12.9. The van der Waals surface area contributed by atoms with Crippen LogP contribution < -0.4 is 14.8 Å². The minimum absolute atomic E-state index is 0.176. The summed E-state index contributed by atoms with van der Waals surface area (Å²) in [5.41, 5.74) is 3.29. The average Bonchev–Trinajstić information content (AvgIpc) is 3.26. The van der Waals surface area contributed by atoms with E-state index in [0.717, 1.165) is 16.3 Å². The normalized spacial score (nSPS) is 10.9. The van der Waals surface area contributed by atoms with Crippen molar-refractivity contribution in [3.8, 4) is 23.0 Å². The fraction of sp³-hybridized carbons (Fsp3) is 0.0769. The van der Waals surface area contributed by atoms with Gasteiger partial charge in [0.15, 0.2) is 17.1 Å². The Morgan fingerprint density at radius 2 is 1.69 bits per heavy atom. The third-order valence-electron chi connectivity index (χ3n) is 5.31. The number of fused-ring (bicyclic) bond motifs is 2. The van der Waals surface area contributed by atoms with Gasteiger partial charge in [-0.3, -0.25) is 4.79 Å². The number of amides is 1. The third-order valence-corrected chi connectivity index (χ3v) is 5.31. The summed E-state index contributed by atoms with van der Waals surface area (Å²) >= 11 is 0. The zero-order chi connectivity index (χ0) is 22.1. The molecule has 6 heteroatoms. The van der Waals surface area contributed by atoms with Gasteiger partial charge in [-0.25, -0.2) is 4.98 Å². The minimum atomic E-state index is -0.176. The van der Waals surface area contributed by atoms with Crippen molar-refractivity contribution in [2.24, 2.45) is 0 Å². The number of carbonyl (C=O) groups is 1. The average molecular weight is 424 g/mol. The first kappa shape index (κ1) is 19.6. The van der Waals surface area contributed by atoms with E-state index in [1.165, 1.54) is 0 Å². The number of anilines is 1. The van der Waals surface area contributed by atoms with E-state index in [0.29, 0.717) is 39.7 Å². The van der Waals surface area contributed by atoms with Crippen LogP contribution >= 0.6 is 0 Å². The molecule has 5 rings (SSSR count). The molecular formula is C26H20N2O4. The highest BCUT2D eigenvalue weighted by molar-refractivity contribution is 6.13. The van der Waals surface area contributed by atoms with Crippen LogP contribution in [-0.2, 0) is 0 Å². The number of aromatic nitrogens is 1. The summed E-state index contributed by atoms with van der Waals surface area (Å²) in [6.07, 6.45) is 0. The van der Waals surface area contributed by atoms with Gasteiger partial charge in [-0.2, -0.15) is 0 Å². The van der Waals surface area contributed by atoms with Gasteiger partial charge in [0.05, 0.1) is 14.2 Å². The third kappa shape index (κ3) is 3.52. The molecule has 0 unspecified atom stereocenters. The molecule has 0 aliphatic rings. The Balaban J connectivity index is 1.45. The number of oxazole rings is 1. The Kier molecular flexibility index (Phi) is 4.95. The lowest BCUT2D eigenvalue weighted by molar-refractivity contribution is 0.102. The molecule has 1 amide bonds. The number of methoxy groups -OCH3 is 2. The summed E-state index contributed by atoms with van der Waals surface area (Å²) in [4.78, 5) is 17.5. The van der Waals surface area contributed by atoms with E-state index in [1.54, 1.807) is 38.5 Å². The molecule has 0 bridgehead atoms. The van der Waals surface area contributed by atoms with E-state index in [2.05, 4.69) is 10.3 Å². The van der Waals surface area contributed by atoms with Gasteiger partial charge in [0.2, 0.25) is 5.89 Å². The molecule has 32 heavy (non-hydrogen) atoms. The Bertz CT molecular complexity index is 1450. The first-order chi connectivity index (χ1) is 15.7. The first-order valence-corrected chi connectivity index (χ1v) is 10.1. The number of nitrogens with one attached hydrogen (secondary N) is 1. The second-order valence-electron chi connectivity index (χ2n) is 7.25. The van der Waals surface area contributed by atoms with Gasteiger partial charge >= 0.3 is 0 Å². The van der Waals surface area contributed by atoms with E-state index in [4.69, 9.17) is 13.9 Å². The lowest BCUT2D eigenvalue weighted by Crippen LogP contribution is -2.12. The number of benzene rings is 4. The fourth-order valence-electron chi connectivity index (χ4n) is 3.72. The molecule has 1 aromatic heterocycles. The Morgan fingerprint density at radius 3 is 2.53 bits per heavy atom. The van der Waals surface area contributed by atoms with Gasteiger partial charge in [-0.05, 0) is 53.2 Å². The van der Waals surface area contributed by atoms with Gasteiger partial charge in [0.1, 0.15) is 5.52 Å². The Morgan fingerprint density at radius 1 is 0.875 bits per heavy atom. The van der Waals surface area contributed by atoms with Gasteiger partial charge in [-0.1, -0.05) is 36.4 Å². The van der Waals surface area contributed by atoms with E-state index in [1.807, 2.05) is 54.6 Å². The van der Waals surface area contributed by atoms with Crippen LogP contribution in [0.15, 0.2) is 83.3 Å². The molecule has 6 nitrogen and oxygen atoms in total. The van der Waals surface area contributed by atoms with Crippen molar-refractivity contribution in [3.05, 3.63) is 84.4 Å². The molecule has 0 saturated carbocycles. The number of ether oxygens (including phenoxy) is 2. The summed E-state index contributed by atoms with van der Waals surface area (Å²) in [5.74, 6) is 1.50. The molecule has 1 N–H and O–H groups in total. The van der Waals surface area contributed by atoms with Crippen molar-refractivity contribution in [1.82, 2.24) is 4.98 Å². The van der Waals surface area contributed by atoms with Crippen molar-refractivity contribution < 1.29 is 18.7 Å². The van der Waals surface area contributed by atoms with Crippen LogP contribution in [0.3, 0.4) is 0 Å². The molecular weight excluding hydrogens is 404 g/mol. The standard InChI is InChI=1S/C26H20N2O4/c1-30-23-12-10-17(14-24(23)31-2)26-28-21-15-18(11-13-22(21)32-26)27-25(29)20-9-5-7-16-6-3-4-8-19(16)20/h3-15H,1-2H3,(H,27,29). The summed E-state index contributed by atoms with van der Waals surface area (Å²) in [7, 11) is 3.17. The molecule has 158 valence electrons. The number of nitrogens with zero attached hydrogens (tertiary/aromatic N) is 1. The van der Waals surface area contributed by atoms with Crippen LogP contribution in [0.2, 0.25) is 0 Å². The van der Waals surface area contributed by atoms with Gasteiger partial charge in [-0.15, -0.1) is 0 Å². The number of hydrogen-bond donors (Lipinski definition) is 1. The van der Waals surface area contributed by atoms with Crippen LogP contribution in [0.4, 0.5) is 5.69 Å². The Labute approximate surface area is 184 Å². The molecule has 5 aromatic rings. The molecule has 0 saturated heterocycles. The van der Waals surface area contributed by atoms with Crippen LogP contribution in [-0.4, -0.2) is 25.1 Å². The first-order valence-electron chi connectivity index (χ1n) is 10.1. The number of rotatable bonds is 5. The summed E-state index contributed by atoms with van der Waals surface area (Å²) in [5, 5.41) is 4.90. The zero-order valence-corrected chi connectivity index (χ0v) is 17.6. The van der Waals surface area contributed by atoms with Crippen molar-refractivity contribution >= 4 is 33.5 Å². The molecule has 1 heterocycles. The SMILES string of the molecule is COc1ccc(-c2nc3cc(NC(=O)c4cccc5ccccc45)ccc3o2)cc1OC. The zero-order valence-electron chi connectivity index (χ0n) is 17.6. The molecule has 0 aliphatic heterocycles. The fourth-order valence-corrected chi connectivity index (χ4v) is 3.72. The van der Waals surface area contributed by atoms with Gasteiger partial charge in [0.25, 0.3) is 5.91 Å². The maximum absolute atomic E-state index is 12.9. The van der Waals surface area contributed by atoms with E-state index < -0.39 is 0 Å². The molecule has 0 atom stereocenters. The molecule has 0 fully saturated rings. The van der Waals surface area contributed by atoms with Gasteiger partial charge in [0, 0.05) is 16.8 Å². The molecule has 0 spiro atoms. The summed E-state index contributed by atoms with van der Waals surface area (Å²) in [6.45, 7) is 0. The van der Waals surface area contributed by atoms with E-state index >= 15 is 0 Å². The predicted molar refractivity (Wildman–Crippen MR) is 124 cm³/mol. The van der Waals surface area contributed by atoms with Crippen molar-refractivity contribution in [2.75, 3.05) is 19.5 Å². The van der Waals surface area contributed by atoms with Crippen LogP contribution in [0.1, 0.15) is 10.4 Å². The van der Waals surface area contributed by atoms with E-state index in [9.17, 15) is 4.79 Å². The predicted octanol–water partition coefficient (Wildman–Crippen LogP) is 5.92. The summed E-state index contributed by atoms with van der Waals surface area (Å²) < 4.78 is 16.6. The lowest BCUT2D eigenvalue weighted by atomic mass is 10.0. The molecule has 4 aromatic carbocycles. The highest BCUT2D eigenvalue weighted by Gasteiger charge is 2.14. The quantitative estimate of drug-likeness (QED) is 0.379. The van der Waals surface area contributed by atoms with Crippen molar-refractivity contribution in [3.63, 3.8) is 0 Å². The van der Waals surface area contributed by atoms with Gasteiger partial charge < -0.3 is 19.2 Å². The largest absolute Gasteiger partial charge is 0.493 e. The van der Waals surface area contributed by atoms with Crippen molar-refractivity contribution in [2.45, 2.75) is 0 Å². The second kappa shape index (κ2) is 8.07. The summed E-state index contributed by atoms with van der Waals surface area (Å²) in [6, 6.07) is 24.4. The van der Waals surface area contributed by atoms with Crippen LogP contribution in [0, 0.1) is 0 Å². The maximum Gasteiger partial charge on any atom is 0.256 e. The Hall–Kier alpha value is -4.32. The minimum Gasteiger partial charge on any atom is -0.493 e. The highest BCUT2D eigenvalue weighted by Crippen LogP contribution is 2.33. The second-order valence-corrected chi connectivity index (χ2v) is 7.25. The molecule has 0 radical (unpaired) electrons. The monoisotopic (exact) mass is 424 g/mol. The highest BCUT2D eigenvalue weighted by atomic mass is 16.5. The smallest absolute Gasteiger partial charge is 0.256 e. The topological polar surface area (TPSA) is 73.6 Å².